The number of rotatable bonds is 6. The van der Waals surface area contributed by atoms with Gasteiger partial charge in [0.2, 0.25) is 0 Å². The summed E-state index contributed by atoms with van der Waals surface area (Å²) in [5.41, 5.74) is 1.15. The predicted octanol–water partition coefficient (Wildman–Crippen LogP) is 4.48. The summed E-state index contributed by atoms with van der Waals surface area (Å²) in [6.07, 6.45) is 2.06. The minimum absolute atomic E-state index is 0.377. The molecule has 0 radical (unpaired) electrons. The van der Waals surface area contributed by atoms with E-state index < -0.39 is 0 Å². The molecule has 0 fully saturated rings. The summed E-state index contributed by atoms with van der Waals surface area (Å²) in [7, 11) is 1.66. The minimum Gasteiger partial charge on any atom is -0.497 e. The highest BCUT2D eigenvalue weighted by molar-refractivity contribution is 9.28. The van der Waals surface area contributed by atoms with Gasteiger partial charge in [-0.1, -0.05) is 25.1 Å². The molecular weight excluding hydrogens is 348 g/mol. The third-order valence-corrected chi connectivity index (χ3v) is 2.75. The lowest BCUT2D eigenvalue weighted by Crippen LogP contribution is -2.03. The molecule has 0 N–H and O–H groups in total. The van der Waals surface area contributed by atoms with E-state index in [-0.39, 0.29) is 0 Å². The summed E-state index contributed by atoms with van der Waals surface area (Å²) in [4.78, 5) is 0. The normalized spacial score (nSPS) is 12.0. The molecule has 0 aliphatic carbocycles. The highest BCUT2D eigenvalue weighted by Crippen LogP contribution is 2.17. The first-order valence-electron chi connectivity index (χ1n) is 5.35. The van der Waals surface area contributed by atoms with Crippen molar-refractivity contribution in [1.29, 1.82) is 0 Å². The quantitative estimate of drug-likeness (QED) is 0.741. The summed E-state index contributed by atoms with van der Waals surface area (Å²) >= 11 is 6.67. The van der Waals surface area contributed by atoms with Crippen molar-refractivity contribution in [3.63, 3.8) is 0 Å². The molecule has 1 atom stereocenters. The molecule has 0 amide bonds. The monoisotopic (exact) mass is 362 g/mol. The van der Waals surface area contributed by atoms with Crippen molar-refractivity contribution in [2.24, 2.45) is 5.92 Å². The fourth-order valence-corrected chi connectivity index (χ4v) is 2.25. The van der Waals surface area contributed by atoms with Crippen LogP contribution in [0.25, 0.3) is 0 Å². The maximum Gasteiger partial charge on any atom is 0.118 e. The molecule has 94 valence electrons. The molecule has 1 aromatic rings. The molecule has 0 heterocycles. The Bertz CT molecular complexity index is 356. The van der Waals surface area contributed by atoms with Gasteiger partial charge < -0.3 is 9.47 Å². The van der Waals surface area contributed by atoms with Gasteiger partial charge in [0, 0.05) is 0 Å². The summed E-state index contributed by atoms with van der Waals surface area (Å²) in [6.45, 7) is 3.44. The molecule has 4 heteroatoms. The Hall–Kier alpha value is -0.320. The van der Waals surface area contributed by atoms with Gasteiger partial charge in [-0.25, -0.2) is 0 Å². The van der Waals surface area contributed by atoms with Gasteiger partial charge in [-0.3, -0.25) is 0 Å². The average molecular weight is 364 g/mol. The number of ether oxygens (including phenoxy) is 2. The van der Waals surface area contributed by atoms with Crippen molar-refractivity contribution in [3.05, 3.63) is 39.3 Å². The van der Waals surface area contributed by atoms with Crippen LogP contribution in [0.3, 0.4) is 0 Å². The first-order chi connectivity index (χ1) is 8.11. The zero-order valence-corrected chi connectivity index (χ0v) is 13.1. The van der Waals surface area contributed by atoms with E-state index in [4.69, 9.17) is 9.47 Å². The maximum absolute atomic E-state index is 5.63. The predicted molar refractivity (Wildman–Crippen MR) is 77.8 cm³/mol. The first-order valence-corrected chi connectivity index (χ1v) is 6.94. The smallest absolute Gasteiger partial charge is 0.118 e. The second kappa shape index (κ2) is 7.90. The standard InChI is InChI=1S/C13H16Br2O2/c1-10(7-13(14)15)8-17-9-11-3-5-12(16-2)6-4-11/h3-7,10H,8-9H2,1-2H3/t10-/m0/s1. The van der Waals surface area contributed by atoms with Crippen molar-refractivity contribution in [3.8, 4) is 5.75 Å². The number of methoxy groups -OCH3 is 1. The van der Waals surface area contributed by atoms with Crippen molar-refractivity contribution in [2.75, 3.05) is 13.7 Å². The Balaban J connectivity index is 2.33. The van der Waals surface area contributed by atoms with Gasteiger partial charge in [-0.2, -0.15) is 0 Å². The van der Waals surface area contributed by atoms with Crippen LogP contribution in [0.1, 0.15) is 12.5 Å². The summed E-state index contributed by atoms with van der Waals surface area (Å²) in [5, 5.41) is 0. The van der Waals surface area contributed by atoms with Crippen molar-refractivity contribution in [1.82, 2.24) is 0 Å². The second-order valence-corrected chi connectivity index (χ2v) is 6.57. The van der Waals surface area contributed by atoms with Crippen LogP contribution < -0.4 is 4.74 Å². The largest absolute Gasteiger partial charge is 0.497 e. The van der Waals surface area contributed by atoms with Crippen LogP contribution in [0.2, 0.25) is 0 Å². The van der Waals surface area contributed by atoms with Crippen LogP contribution in [0.4, 0.5) is 0 Å². The van der Waals surface area contributed by atoms with Gasteiger partial charge in [0.25, 0.3) is 0 Å². The Morgan fingerprint density at radius 1 is 1.29 bits per heavy atom. The molecule has 17 heavy (non-hydrogen) atoms. The van der Waals surface area contributed by atoms with Crippen LogP contribution >= 0.6 is 31.9 Å². The molecule has 1 aromatic carbocycles. The lowest BCUT2D eigenvalue weighted by molar-refractivity contribution is 0.104. The SMILES string of the molecule is COc1ccc(COC[C@@H](C)C=C(Br)Br)cc1. The topological polar surface area (TPSA) is 18.5 Å². The molecule has 1 rings (SSSR count). The van der Waals surface area contributed by atoms with E-state index in [1.807, 2.05) is 24.3 Å². The third-order valence-electron chi connectivity index (χ3n) is 2.22. The molecule has 0 saturated carbocycles. The van der Waals surface area contributed by atoms with Crippen LogP contribution in [-0.4, -0.2) is 13.7 Å². The van der Waals surface area contributed by atoms with Crippen LogP contribution in [0.5, 0.6) is 5.75 Å². The van der Waals surface area contributed by atoms with Gasteiger partial charge in [0.1, 0.15) is 5.75 Å². The molecule has 0 aliphatic heterocycles. The minimum atomic E-state index is 0.377. The lowest BCUT2D eigenvalue weighted by atomic mass is 10.2. The molecule has 0 aliphatic rings. The molecule has 0 aromatic heterocycles. The number of benzene rings is 1. The van der Waals surface area contributed by atoms with E-state index in [0.717, 1.165) is 14.7 Å². The molecular formula is C13H16Br2O2. The van der Waals surface area contributed by atoms with Crippen molar-refractivity contribution in [2.45, 2.75) is 13.5 Å². The van der Waals surface area contributed by atoms with E-state index in [2.05, 4.69) is 44.9 Å². The van der Waals surface area contributed by atoms with Crippen LogP contribution in [0, 0.1) is 5.92 Å². The van der Waals surface area contributed by atoms with Gasteiger partial charge in [0.05, 0.1) is 23.7 Å². The highest BCUT2D eigenvalue weighted by Gasteiger charge is 2.00. The van der Waals surface area contributed by atoms with Crippen molar-refractivity contribution >= 4 is 31.9 Å². The van der Waals surface area contributed by atoms with E-state index in [1.54, 1.807) is 7.11 Å². The van der Waals surface area contributed by atoms with E-state index >= 15 is 0 Å². The Morgan fingerprint density at radius 2 is 1.94 bits per heavy atom. The molecule has 2 nitrogen and oxygen atoms in total. The van der Waals surface area contributed by atoms with E-state index in [0.29, 0.717) is 19.1 Å². The molecule has 0 saturated heterocycles. The fraction of sp³-hybridized carbons (Fsp3) is 0.385. The number of hydrogen-bond acceptors (Lipinski definition) is 2. The summed E-state index contributed by atoms with van der Waals surface area (Å²) in [6, 6.07) is 7.91. The highest BCUT2D eigenvalue weighted by atomic mass is 79.9. The molecule has 0 bridgehead atoms. The Labute approximate surface area is 119 Å². The van der Waals surface area contributed by atoms with Crippen molar-refractivity contribution < 1.29 is 9.47 Å². The van der Waals surface area contributed by atoms with Crippen LogP contribution in [0.15, 0.2) is 33.7 Å². The maximum atomic E-state index is 5.63. The zero-order chi connectivity index (χ0) is 12.7. The lowest BCUT2D eigenvalue weighted by Gasteiger charge is -2.08. The van der Waals surface area contributed by atoms with E-state index in [9.17, 15) is 0 Å². The van der Waals surface area contributed by atoms with Gasteiger partial charge >= 0.3 is 0 Å². The zero-order valence-electron chi connectivity index (χ0n) is 9.95. The summed E-state index contributed by atoms with van der Waals surface area (Å²) in [5.74, 6) is 1.25. The fourth-order valence-electron chi connectivity index (χ4n) is 1.35. The van der Waals surface area contributed by atoms with Gasteiger partial charge in [-0.15, -0.1) is 0 Å². The summed E-state index contributed by atoms with van der Waals surface area (Å²) < 4.78 is 11.7. The Morgan fingerprint density at radius 3 is 2.47 bits per heavy atom. The average Bonchev–Trinajstić information content (AvgIpc) is 2.29. The Kier molecular flexibility index (Phi) is 6.85. The van der Waals surface area contributed by atoms with Gasteiger partial charge in [0.15, 0.2) is 0 Å². The molecule has 0 spiro atoms. The number of halogens is 2. The second-order valence-electron chi connectivity index (χ2n) is 3.80. The molecule has 0 unspecified atom stereocenters. The van der Waals surface area contributed by atoms with Crippen LogP contribution in [-0.2, 0) is 11.3 Å². The number of hydrogen-bond donors (Lipinski definition) is 0. The van der Waals surface area contributed by atoms with E-state index in [1.165, 1.54) is 0 Å². The third kappa shape index (κ3) is 6.24. The van der Waals surface area contributed by atoms with Gasteiger partial charge in [-0.05, 0) is 55.5 Å². The first kappa shape index (κ1) is 14.7.